The van der Waals surface area contributed by atoms with Gasteiger partial charge in [0.2, 0.25) is 5.91 Å². The Morgan fingerprint density at radius 1 is 1.50 bits per heavy atom. The van der Waals surface area contributed by atoms with Gasteiger partial charge in [0.1, 0.15) is 12.1 Å². The van der Waals surface area contributed by atoms with Gasteiger partial charge in [0.25, 0.3) is 0 Å². The minimum absolute atomic E-state index is 0.0130. The molecule has 1 heterocycles. The van der Waals surface area contributed by atoms with E-state index in [4.69, 9.17) is 5.26 Å². The Kier molecular flexibility index (Phi) is 2.78. The van der Waals surface area contributed by atoms with Crippen molar-refractivity contribution in [2.75, 3.05) is 18.0 Å². The molecule has 4 nitrogen and oxygen atoms in total. The van der Waals surface area contributed by atoms with Gasteiger partial charge in [0.05, 0.1) is 11.3 Å². The third kappa shape index (κ3) is 1.72. The number of hydrogen-bond acceptors (Lipinski definition) is 3. The van der Waals surface area contributed by atoms with E-state index in [9.17, 15) is 4.79 Å². The second-order valence-electron chi connectivity index (χ2n) is 3.79. The smallest absolute Gasteiger partial charge is 0.242 e. The number of nitrogens with zero attached hydrogens (tertiary/aromatic N) is 2. The van der Waals surface area contributed by atoms with Crippen LogP contribution in [0.4, 0.5) is 5.69 Å². The van der Waals surface area contributed by atoms with E-state index in [1.165, 1.54) is 0 Å². The molecule has 1 saturated heterocycles. The summed E-state index contributed by atoms with van der Waals surface area (Å²) in [7, 11) is 0. The number of piperazine rings is 1. The molecule has 0 aliphatic carbocycles. The maximum absolute atomic E-state index is 11.5. The summed E-state index contributed by atoms with van der Waals surface area (Å²) in [4.78, 5) is 13.5. The van der Waals surface area contributed by atoms with E-state index in [0.29, 0.717) is 12.1 Å². The summed E-state index contributed by atoms with van der Waals surface area (Å²) < 4.78 is 0. The Balaban J connectivity index is 2.36. The van der Waals surface area contributed by atoms with Gasteiger partial charge >= 0.3 is 0 Å². The highest BCUT2D eigenvalue weighted by atomic mass is 16.2. The van der Waals surface area contributed by atoms with Crippen molar-refractivity contribution in [3.8, 4) is 6.07 Å². The lowest BCUT2D eigenvalue weighted by molar-refractivity contribution is -0.122. The average molecular weight is 215 g/mol. The predicted octanol–water partition coefficient (Wildman–Crippen LogP) is 0.883. The first kappa shape index (κ1) is 10.5. The molecule has 0 radical (unpaired) electrons. The number of carbonyl (C=O) groups excluding carboxylic acids is 1. The largest absolute Gasteiger partial charge is 0.357 e. The molecule has 2 rings (SSSR count). The van der Waals surface area contributed by atoms with Gasteiger partial charge in [-0.3, -0.25) is 4.79 Å². The van der Waals surface area contributed by atoms with Crippen LogP contribution in [0.1, 0.15) is 12.5 Å². The Morgan fingerprint density at radius 3 is 3.00 bits per heavy atom. The van der Waals surface area contributed by atoms with Gasteiger partial charge in [-0.25, -0.2) is 0 Å². The van der Waals surface area contributed by atoms with Crippen LogP contribution in [-0.4, -0.2) is 25.0 Å². The molecule has 4 heteroatoms. The number of hydrogen-bond donors (Lipinski definition) is 1. The van der Waals surface area contributed by atoms with Crippen molar-refractivity contribution in [3.05, 3.63) is 29.8 Å². The van der Waals surface area contributed by atoms with Crippen LogP contribution in [0.3, 0.4) is 0 Å². The monoisotopic (exact) mass is 215 g/mol. The summed E-state index contributed by atoms with van der Waals surface area (Å²) >= 11 is 0. The van der Waals surface area contributed by atoms with Gasteiger partial charge in [0, 0.05) is 13.1 Å². The Labute approximate surface area is 94.5 Å². The zero-order valence-electron chi connectivity index (χ0n) is 9.10. The fraction of sp³-hybridized carbons (Fsp3) is 0.333. The molecule has 1 unspecified atom stereocenters. The summed E-state index contributed by atoms with van der Waals surface area (Å²) in [6.07, 6.45) is 0. The van der Waals surface area contributed by atoms with Gasteiger partial charge in [0.15, 0.2) is 0 Å². The van der Waals surface area contributed by atoms with Gasteiger partial charge < -0.3 is 10.2 Å². The maximum atomic E-state index is 11.5. The molecular formula is C12H13N3O. The van der Waals surface area contributed by atoms with Crippen LogP contribution in [0.5, 0.6) is 0 Å². The van der Waals surface area contributed by atoms with Gasteiger partial charge in [-0.15, -0.1) is 0 Å². The van der Waals surface area contributed by atoms with Gasteiger partial charge in [-0.05, 0) is 19.1 Å². The van der Waals surface area contributed by atoms with Crippen molar-refractivity contribution in [1.29, 1.82) is 5.26 Å². The Bertz CT molecular complexity index is 450. The van der Waals surface area contributed by atoms with Gasteiger partial charge in [-0.1, -0.05) is 12.1 Å². The predicted molar refractivity (Wildman–Crippen MR) is 61.0 cm³/mol. The van der Waals surface area contributed by atoms with Crippen molar-refractivity contribution >= 4 is 11.6 Å². The van der Waals surface area contributed by atoms with E-state index in [2.05, 4.69) is 11.4 Å². The first-order valence-electron chi connectivity index (χ1n) is 5.27. The topological polar surface area (TPSA) is 56.1 Å². The Morgan fingerprint density at radius 2 is 2.25 bits per heavy atom. The summed E-state index contributed by atoms with van der Waals surface area (Å²) in [6.45, 7) is 3.22. The van der Waals surface area contributed by atoms with E-state index in [1.807, 2.05) is 30.0 Å². The normalized spacial score (nSPS) is 20.1. The number of nitriles is 1. The second kappa shape index (κ2) is 4.23. The molecule has 0 spiro atoms. The van der Waals surface area contributed by atoms with Crippen LogP contribution in [0.15, 0.2) is 24.3 Å². The number of carbonyl (C=O) groups is 1. The number of amides is 1. The molecule has 1 N–H and O–H groups in total. The van der Waals surface area contributed by atoms with Crippen molar-refractivity contribution in [2.24, 2.45) is 0 Å². The fourth-order valence-corrected chi connectivity index (χ4v) is 1.93. The molecule has 16 heavy (non-hydrogen) atoms. The molecule has 82 valence electrons. The molecule has 1 aromatic rings. The van der Waals surface area contributed by atoms with Crippen molar-refractivity contribution in [1.82, 2.24) is 5.32 Å². The molecular weight excluding hydrogens is 202 g/mol. The zero-order chi connectivity index (χ0) is 11.5. The summed E-state index contributed by atoms with van der Waals surface area (Å²) in [5.74, 6) is 0.0130. The van der Waals surface area contributed by atoms with E-state index in [1.54, 1.807) is 6.07 Å². The van der Waals surface area contributed by atoms with Crippen molar-refractivity contribution in [3.63, 3.8) is 0 Å². The number of anilines is 1. The van der Waals surface area contributed by atoms with E-state index in [-0.39, 0.29) is 11.9 Å². The first-order valence-corrected chi connectivity index (χ1v) is 5.27. The second-order valence-corrected chi connectivity index (χ2v) is 3.79. The highest BCUT2D eigenvalue weighted by Crippen LogP contribution is 2.22. The minimum atomic E-state index is -0.219. The lowest BCUT2D eigenvalue weighted by Crippen LogP contribution is -2.54. The standard InChI is InChI=1S/C12H13N3O/c1-9-12(16)14-6-7-15(9)11-5-3-2-4-10(11)8-13/h2-5,9H,6-7H2,1H3,(H,14,16). The number of rotatable bonds is 1. The zero-order valence-corrected chi connectivity index (χ0v) is 9.10. The third-order valence-corrected chi connectivity index (χ3v) is 2.83. The van der Waals surface area contributed by atoms with Crippen molar-refractivity contribution in [2.45, 2.75) is 13.0 Å². The lowest BCUT2D eigenvalue weighted by atomic mass is 10.1. The lowest BCUT2D eigenvalue weighted by Gasteiger charge is -2.35. The maximum Gasteiger partial charge on any atom is 0.242 e. The molecule has 1 fully saturated rings. The first-order chi connectivity index (χ1) is 7.74. The molecule has 0 aromatic heterocycles. The van der Waals surface area contributed by atoms with E-state index < -0.39 is 0 Å². The van der Waals surface area contributed by atoms with Crippen LogP contribution < -0.4 is 10.2 Å². The molecule has 0 bridgehead atoms. The number of para-hydroxylation sites is 1. The van der Waals surface area contributed by atoms with Crippen molar-refractivity contribution < 1.29 is 4.79 Å². The molecule has 1 amide bonds. The van der Waals surface area contributed by atoms with Crippen LogP contribution in [0.2, 0.25) is 0 Å². The van der Waals surface area contributed by atoms with Crippen LogP contribution >= 0.6 is 0 Å². The molecule has 1 aromatic carbocycles. The summed E-state index contributed by atoms with van der Waals surface area (Å²) in [5.41, 5.74) is 1.46. The average Bonchev–Trinajstić information content (AvgIpc) is 2.33. The molecule has 0 saturated carbocycles. The Hall–Kier alpha value is -2.02. The number of benzene rings is 1. The molecule has 1 atom stereocenters. The number of nitrogens with one attached hydrogen (secondary N) is 1. The fourth-order valence-electron chi connectivity index (χ4n) is 1.93. The van der Waals surface area contributed by atoms with Gasteiger partial charge in [-0.2, -0.15) is 5.26 Å². The molecule has 1 aliphatic heterocycles. The van der Waals surface area contributed by atoms with Crippen LogP contribution in [-0.2, 0) is 4.79 Å². The highest BCUT2D eigenvalue weighted by molar-refractivity contribution is 5.86. The van der Waals surface area contributed by atoms with E-state index >= 15 is 0 Å². The summed E-state index contributed by atoms with van der Waals surface area (Å²) in [5, 5.41) is 11.8. The highest BCUT2D eigenvalue weighted by Gasteiger charge is 2.26. The summed E-state index contributed by atoms with van der Waals surface area (Å²) in [6, 6.07) is 9.31. The quantitative estimate of drug-likeness (QED) is 0.756. The van der Waals surface area contributed by atoms with Crippen LogP contribution in [0.25, 0.3) is 0 Å². The SMILES string of the molecule is CC1C(=O)NCCN1c1ccccc1C#N. The minimum Gasteiger partial charge on any atom is -0.357 e. The van der Waals surface area contributed by atoms with E-state index in [0.717, 1.165) is 12.2 Å². The molecule has 1 aliphatic rings. The third-order valence-electron chi connectivity index (χ3n) is 2.83. The van der Waals surface area contributed by atoms with Crippen LogP contribution in [0, 0.1) is 11.3 Å².